The molecule has 1 aliphatic rings. The van der Waals surface area contributed by atoms with E-state index < -0.39 is 17.0 Å². The summed E-state index contributed by atoms with van der Waals surface area (Å²) >= 11 is 0. The Bertz CT molecular complexity index is 1560. The normalized spacial score (nSPS) is 13.8. The van der Waals surface area contributed by atoms with E-state index in [1.165, 1.54) is 11.6 Å². The molecule has 4 heterocycles. The number of pyridine rings is 1. The number of carbonyl (C=O) groups excluding carboxylic acids is 1. The molecule has 1 N–H and O–H groups in total. The Labute approximate surface area is 201 Å². The van der Waals surface area contributed by atoms with E-state index in [1.807, 2.05) is 60.3 Å². The Morgan fingerprint density at radius 2 is 1.86 bits per heavy atom. The van der Waals surface area contributed by atoms with E-state index in [2.05, 4.69) is 10.3 Å². The minimum atomic E-state index is -0.606. The summed E-state index contributed by atoms with van der Waals surface area (Å²) in [5, 5.41) is 7.80. The first-order valence-corrected chi connectivity index (χ1v) is 11.4. The van der Waals surface area contributed by atoms with Crippen LogP contribution in [-0.4, -0.2) is 29.7 Å². The maximum Gasteiger partial charge on any atom is 0.332 e. The molecule has 9 heteroatoms. The van der Waals surface area contributed by atoms with Crippen LogP contribution in [0.25, 0.3) is 17.3 Å². The Morgan fingerprint density at radius 3 is 2.57 bits per heavy atom. The van der Waals surface area contributed by atoms with E-state index in [0.717, 1.165) is 15.7 Å². The van der Waals surface area contributed by atoms with Crippen molar-refractivity contribution in [2.24, 2.45) is 7.05 Å². The van der Waals surface area contributed by atoms with Gasteiger partial charge in [0.1, 0.15) is 17.1 Å². The van der Waals surface area contributed by atoms with Crippen LogP contribution in [0.3, 0.4) is 0 Å². The van der Waals surface area contributed by atoms with Crippen molar-refractivity contribution in [3.8, 4) is 11.3 Å². The Balaban J connectivity index is 1.61. The number of anilines is 1. The lowest BCUT2D eigenvalue weighted by Crippen LogP contribution is -2.40. The first-order chi connectivity index (χ1) is 17.0. The number of hydrogen-bond acceptors (Lipinski definition) is 6. The van der Waals surface area contributed by atoms with Gasteiger partial charge in [-0.15, -0.1) is 0 Å². The topological polar surface area (TPSA) is 104 Å². The van der Waals surface area contributed by atoms with Crippen LogP contribution in [0.15, 0.2) is 76.3 Å². The summed E-state index contributed by atoms with van der Waals surface area (Å²) in [5.74, 6) is -0.200. The molecular weight excluding hydrogens is 444 g/mol. The number of aromatic nitrogens is 5. The van der Waals surface area contributed by atoms with Crippen LogP contribution in [0.4, 0.5) is 5.82 Å². The van der Waals surface area contributed by atoms with E-state index in [9.17, 15) is 14.4 Å². The summed E-state index contributed by atoms with van der Waals surface area (Å²) in [6.07, 6.45) is 7.61. The van der Waals surface area contributed by atoms with Gasteiger partial charge in [0.25, 0.3) is 5.56 Å². The average molecular weight is 469 g/mol. The number of nitrogens with one attached hydrogen (secondary N) is 1. The Kier molecular flexibility index (Phi) is 5.74. The minimum absolute atomic E-state index is 0.0218. The summed E-state index contributed by atoms with van der Waals surface area (Å²) < 4.78 is 4.23. The van der Waals surface area contributed by atoms with Gasteiger partial charge in [-0.3, -0.25) is 28.4 Å². The van der Waals surface area contributed by atoms with Crippen molar-refractivity contribution in [1.82, 2.24) is 23.9 Å². The fourth-order valence-corrected chi connectivity index (χ4v) is 4.23. The maximum absolute atomic E-state index is 13.3. The van der Waals surface area contributed by atoms with Gasteiger partial charge < -0.3 is 5.32 Å². The minimum Gasteiger partial charge on any atom is -0.338 e. The van der Waals surface area contributed by atoms with Crippen LogP contribution >= 0.6 is 0 Å². The number of nitrogens with zero attached hydrogens (tertiary/aromatic N) is 5. The second-order valence-corrected chi connectivity index (χ2v) is 8.39. The quantitative estimate of drug-likeness (QED) is 0.437. The van der Waals surface area contributed by atoms with Crippen molar-refractivity contribution >= 4 is 17.7 Å². The highest BCUT2D eigenvalue weighted by Crippen LogP contribution is 2.29. The molecular formula is C26H24N6O3. The lowest BCUT2D eigenvalue weighted by Gasteiger charge is -2.11. The molecule has 5 rings (SSSR count). The molecule has 4 aromatic rings. The summed E-state index contributed by atoms with van der Waals surface area (Å²) in [7, 11) is 1.39. The van der Waals surface area contributed by atoms with Crippen molar-refractivity contribution in [2.45, 2.75) is 26.4 Å². The lowest BCUT2D eigenvalue weighted by atomic mass is 10.1. The van der Waals surface area contributed by atoms with Crippen molar-refractivity contribution in [1.29, 1.82) is 0 Å². The summed E-state index contributed by atoms with van der Waals surface area (Å²) in [4.78, 5) is 42.9. The molecule has 35 heavy (non-hydrogen) atoms. The third-order valence-corrected chi connectivity index (χ3v) is 5.93. The number of allylic oxidation sites excluding steroid dienone is 1. The molecule has 0 fully saturated rings. The number of ketones is 1. The molecule has 0 bridgehead atoms. The fourth-order valence-electron chi connectivity index (χ4n) is 4.23. The molecule has 0 saturated carbocycles. The number of hydrogen-bond donors (Lipinski definition) is 1. The molecule has 9 nitrogen and oxygen atoms in total. The monoisotopic (exact) mass is 468 g/mol. The third-order valence-electron chi connectivity index (χ3n) is 5.93. The van der Waals surface area contributed by atoms with Crippen molar-refractivity contribution < 1.29 is 4.79 Å². The third kappa shape index (κ3) is 4.01. The molecule has 1 aliphatic heterocycles. The lowest BCUT2D eigenvalue weighted by molar-refractivity contribution is 0.104. The van der Waals surface area contributed by atoms with Gasteiger partial charge in [0.05, 0.1) is 12.2 Å². The zero-order valence-corrected chi connectivity index (χ0v) is 19.4. The molecule has 0 amide bonds. The van der Waals surface area contributed by atoms with Crippen LogP contribution in [0.5, 0.6) is 0 Å². The summed E-state index contributed by atoms with van der Waals surface area (Å²) in [6.45, 7) is 2.87. The predicted octanol–water partition coefficient (Wildman–Crippen LogP) is 2.91. The van der Waals surface area contributed by atoms with E-state index in [1.54, 1.807) is 18.5 Å². The van der Waals surface area contributed by atoms with Gasteiger partial charge in [0.2, 0.25) is 5.78 Å². The van der Waals surface area contributed by atoms with Crippen molar-refractivity contribution in [2.75, 3.05) is 5.32 Å². The van der Waals surface area contributed by atoms with E-state index in [0.29, 0.717) is 30.8 Å². The zero-order chi connectivity index (χ0) is 24.5. The maximum atomic E-state index is 13.3. The Morgan fingerprint density at radius 1 is 1.06 bits per heavy atom. The highest BCUT2D eigenvalue weighted by molar-refractivity contribution is 6.20. The second-order valence-electron chi connectivity index (χ2n) is 8.39. The average Bonchev–Trinajstić information content (AvgIpc) is 3.42. The molecule has 0 unspecified atom stereocenters. The standard InChI is InChI=1S/C26H24N6O3/c1-3-12-32-24-21(25(34)30(2)26(32)35)23(33)20(28-24)13-19-16-31(15-17-8-5-4-6-9-17)29-22(19)18-10-7-11-27-14-18/h4-11,13-14,16,28H,3,12,15H2,1-2H3/b20-13+. The molecule has 176 valence electrons. The molecule has 0 radical (unpaired) electrons. The number of fused-ring (bicyclic) bond motifs is 1. The van der Waals surface area contributed by atoms with E-state index in [4.69, 9.17) is 5.10 Å². The van der Waals surface area contributed by atoms with Gasteiger partial charge in [-0.05, 0) is 30.2 Å². The number of Topliss-reactive ketones (excluding diaryl/α,β-unsaturated/α-hetero) is 1. The van der Waals surface area contributed by atoms with Gasteiger partial charge >= 0.3 is 5.69 Å². The first-order valence-electron chi connectivity index (χ1n) is 11.4. The number of rotatable bonds is 6. The van der Waals surface area contributed by atoms with Gasteiger partial charge in [-0.2, -0.15) is 5.10 Å². The molecule has 0 saturated heterocycles. The van der Waals surface area contributed by atoms with Crippen LogP contribution < -0.4 is 16.6 Å². The molecule has 0 aliphatic carbocycles. The van der Waals surface area contributed by atoms with Gasteiger partial charge in [-0.1, -0.05) is 37.3 Å². The van der Waals surface area contributed by atoms with Gasteiger partial charge in [-0.25, -0.2) is 4.79 Å². The SMILES string of the molecule is CCCn1c2c(c(=O)n(C)c1=O)C(=O)/C(=C\c1cn(Cc3ccccc3)nc1-c1cccnc1)N2. The number of carbonyl (C=O) groups is 1. The molecule has 1 aromatic carbocycles. The highest BCUT2D eigenvalue weighted by Gasteiger charge is 2.32. The predicted molar refractivity (Wildman–Crippen MR) is 133 cm³/mol. The number of benzene rings is 1. The van der Waals surface area contributed by atoms with Crippen LogP contribution in [0.2, 0.25) is 0 Å². The van der Waals surface area contributed by atoms with Gasteiger partial charge in [0.15, 0.2) is 0 Å². The van der Waals surface area contributed by atoms with E-state index in [-0.39, 0.29) is 17.1 Å². The first kappa shape index (κ1) is 22.3. The molecule has 0 atom stereocenters. The fraction of sp³-hybridized carbons (Fsp3) is 0.192. The Hall–Kier alpha value is -4.53. The smallest absolute Gasteiger partial charge is 0.332 e. The van der Waals surface area contributed by atoms with E-state index >= 15 is 0 Å². The molecule has 0 spiro atoms. The molecule has 3 aromatic heterocycles. The van der Waals surface area contributed by atoms with Crippen molar-refractivity contribution in [3.63, 3.8) is 0 Å². The van der Waals surface area contributed by atoms with Crippen LogP contribution in [-0.2, 0) is 20.1 Å². The highest BCUT2D eigenvalue weighted by atomic mass is 16.2. The van der Waals surface area contributed by atoms with Crippen LogP contribution in [0.1, 0.15) is 34.8 Å². The largest absolute Gasteiger partial charge is 0.338 e. The van der Waals surface area contributed by atoms with Gasteiger partial charge in [0, 0.05) is 43.3 Å². The summed E-state index contributed by atoms with van der Waals surface area (Å²) in [6, 6.07) is 13.7. The summed E-state index contributed by atoms with van der Waals surface area (Å²) in [5.41, 5.74) is 2.37. The second kappa shape index (κ2) is 9.02. The van der Waals surface area contributed by atoms with Crippen molar-refractivity contribution in [3.05, 3.63) is 104 Å². The van der Waals surface area contributed by atoms with Crippen LogP contribution in [0, 0.1) is 0 Å². The zero-order valence-electron chi connectivity index (χ0n) is 19.4.